The zero-order valence-corrected chi connectivity index (χ0v) is 13.7. The summed E-state index contributed by atoms with van der Waals surface area (Å²) >= 11 is 6.15. The number of anilines is 1. The molecule has 0 bridgehead atoms. The number of amides is 1. The molecule has 1 heterocycles. The van der Waals surface area contributed by atoms with Gasteiger partial charge in [0.15, 0.2) is 5.82 Å². The zero-order valence-electron chi connectivity index (χ0n) is 12.9. The Morgan fingerprint density at radius 2 is 2.14 bits per heavy atom. The molecule has 2 aromatic rings. The molecule has 0 aliphatic heterocycles. The lowest BCUT2D eigenvalue weighted by molar-refractivity contribution is -0.133. The molecule has 0 spiro atoms. The Kier molecular flexibility index (Phi) is 4.88. The first-order valence-electron chi connectivity index (χ1n) is 7.20. The van der Waals surface area contributed by atoms with Crippen LogP contribution in [-0.2, 0) is 4.79 Å². The number of hydrogen-bond acceptors (Lipinski definition) is 3. The molecule has 1 atom stereocenters. The van der Waals surface area contributed by atoms with Gasteiger partial charge in [0.2, 0.25) is 0 Å². The highest BCUT2D eigenvalue weighted by Crippen LogP contribution is 2.23. The number of benzene rings is 1. The van der Waals surface area contributed by atoms with Crippen LogP contribution in [-0.4, -0.2) is 26.4 Å². The van der Waals surface area contributed by atoms with Gasteiger partial charge in [-0.15, -0.1) is 5.10 Å². The van der Waals surface area contributed by atoms with E-state index in [-0.39, 0.29) is 0 Å². The van der Waals surface area contributed by atoms with E-state index in [2.05, 4.69) is 10.4 Å². The second kappa shape index (κ2) is 6.50. The van der Waals surface area contributed by atoms with Crippen LogP contribution in [0, 0.1) is 6.92 Å². The maximum absolute atomic E-state index is 12.2. The van der Waals surface area contributed by atoms with Gasteiger partial charge in [-0.25, -0.2) is 4.68 Å². The van der Waals surface area contributed by atoms with E-state index in [0.29, 0.717) is 23.7 Å². The minimum atomic E-state index is -1.41. The number of aromatic nitrogens is 2. The highest BCUT2D eigenvalue weighted by molar-refractivity contribution is 6.32. The van der Waals surface area contributed by atoms with Crippen LogP contribution in [0.4, 0.5) is 5.82 Å². The van der Waals surface area contributed by atoms with E-state index in [1.165, 1.54) is 6.92 Å². The second-order valence-electron chi connectivity index (χ2n) is 5.53. The van der Waals surface area contributed by atoms with Gasteiger partial charge in [-0.2, -0.15) is 0 Å². The van der Waals surface area contributed by atoms with Crippen LogP contribution in [0.3, 0.4) is 0 Å². The van der Waals surface area contributed by atoms with Gasteiger partial charge in [0, 0.05) is 11.8 Å². The van der Waals surface area contributed by atoms with Crippen LogP contribution in [0.1, 0.15) is 32.3 Å². The van der Waals surface area contributed by atoms with Crippen LogP contribution >= 0.6 is 11.6 Å². The van der Waals surface area contributed by atoms with Crippen molar-refractivity contribution in [3.8, 4) is 5.69 Å². The maximum atomic E-state index is 12.2. The molecule has 22 heavy (non-hydrogen) atoms. The molecule has 2 N–H and O–H groups in total. The molecule has 2 rings (SSSR count). The van der Waals surface area contributed by atoms with Crippen molar-refractivity contribution in [1.29, 1.82) is 0 Å². The lowest BCUT2D eigenvalue weighted by Gasteiger charge is -2.20. The average Bonchev–Trinajstić information content (AvgIpc) is 2.80. The van der Waals surface area contributed by atoms with Gasteiger partial charge in [-0.1, -0.05) is 37.1 Å². The molecule has 1 aromatic carbocycles. The fourth-order valence-electron chi connectivity index (χ4n) is 2.19. The number of aryl methyl sites for hydroxylation is 1. The lowest BCUT2D eigenvalue weighted by Crippen LogP contribution is -2.40. The van der Waals surface area contributed by atoms with Crippen LogP contribution in [0.25, 0.3) is 5.69 Å². The van der Waals surface area contributed by atoms with Crippen LogP contribution in [0.15, 0.2) is 30.5 Å². The van der Waals surface area contributed by atoms with E-state index in [4.69, 9.17) is 11.6 Å². The summed E-state index contributed by atoms with van der Waals surface area (Å²) in [6.07, 6.45) is 2.89. The van der Waals surface area contributed by atoms with Crippen molar-refractivity contribution >= 4 is 23.3 Å². The van der Waals surface area contributed by atoms with Crippen molar-refractivity contribution in [3.05, 3.63) is 41.0 Å². The number of hydrogen-bond donors (Lipinski definition) is 2. The Balaban J connectivity index is 2.24. The Labute approximate surface area is 134 Å². The number of para-hydroxylation sites is 1. The molecule has 0 aliphatic carbocycles. The predicted molar refractivity (Wildman–Crippen MR) is 87.5 cm³/mol. The van der Waals surface area contributed by atoms with Gasteiger partial charge in [0.05, 0.1) is 10.7 Å². The fraction of sp³-hybridized carbons (Fsp3) is 0.375. The Morgan fingerprint density at radius 1 is 1.45 bits per heavy atom. The van der Waals surface area contributed by atoms with Crippen molar-refractivity contribution in [2.75, 3.05) is 5.32 Å². The summed E-state index contributed by atoms with van der Waals surface area (Å²) in [5, 5.41) is 17.7. The average molecular weight is 322 g/mol. The third kappa shape index (κ3) is 3.48. The molecule has 0 radical (unpaired) electrons. The van der Waals surface area contributed by atoms with Gasteiger partial charge in [-0.3, -0.25) is 4.79 Å². The minimum Gasteiger partial charge on any atom is -0.380 e. The molecule has 0 saturated heterocycles. The molecular formula is C16H20ClN3O2. The number of rotatable bonds is 5. The van der Waals surface area contributed by atoms with Gasteiger partial charge >= 0.3 is 0 Å². The molecule has 1 unspecified atom stereocenters. The highest BCUT2D eigenvalue weighted by atomic mass is 35.5. The van der Waals surface area contributed by atoms with E-state index < -0.39 is 11.5 Å². The molecule has 1 aromatic heterocycles. The summed E-state index contributed by atoms with van der Waals surface area (Å²) in [6, 6.07) is 7.32. The monoisotopic (exact) mass is 321 g/mol. The number of aliphatic hydroxyl groups is 1. The Hall–Kier alpha value is -1.85. The van der Waals surface area contributed by atoms with Gasteiger partial charge in [0.25, 0.3) is 5.91 Å². The van der Waals surface area contributed by atoms with Crippen molar-refractivity contribution in [2.24, 2.45) is 0 Å². The number of halogens is 1. The molecule has 6 heteroatoms. The molecule has 0 fully saturated rings. The van der Waals surface area contributed by atoms with E-state index >= 15 is 0 Å². The van der Waals surface area contributed by atoms with E-state index in [1.54, 1.807) is 16.9 Å². The van der Waals surface area contributed by atoms with Crippen molar-refractivity contribution < 1.29 is 9.90 Å². The molecule has 118 valence electrons. The lowest BCUT2D eigenvalue weighted by atomic mass is 10.00. The number of carbonyl (C=O) groups is 1. The summed E-state index contributed by atoms with van der Waals surface area (Å²) in [5.41, 5.74) is 0.115. The van der Waals surface area contributed by atoms with Crippen molar-refractivity contribution in [2.45, 2.75) is 39.2 Å². The summed E-state index contributed by atoms with van der Waals surface area (Å²) in [5.74, 6) is -0.0387. The number of nitrogens with zero attached hydrogens (tertiary/aromatic N) is 2. The first-order valence-corrected chi connectivity index (χ1v) is 7.58. The highest BCUT2D eigenvalue weighted by Gasteiger charge is 2.30. The van der Waals surface area contributed by atoms with Gasteiger partial charge in [0.1, 0.15) is 5.60 Å². The van der Waals surface area contributed by atoms with Crippen LogP contribution in [0.5, 0.6) is 0 Å². The smallest absolute Gasteiger partial charge is 0.257 e. The van der Waals surface area contributed by atoms with Crippen LogP contribution < -0.4 is 5.32 Å². The third-order valence-corrected chi connectivity index (χ3v) is 3.77. The molecule has 0 aliphatic rings. The molecule has 1 amide bonds. The third-order valence-electron chi connectivity index (χ3n) is 3.45. The summed E-state index contributed by atoms with van der Waals surface area (Å²) in [7, 11) is 0. The SMILES string of the molecule is CCCC(C)(O)C(=O)Nc1nn(-c2ccccc2Cl)cc1C. The van der Waals surface area contributed by atoms with Gasteiger partial charge < -0.3 is 10.4 Å². The van der Waals surface area contributed by atoms with Gasteiger partial charge in [-0.05, 0) is 32.4 Å². The molecule has 0 saturated carbocycles. The first kappa shape index (κ1) is 16.5. The topological polar surface area (TPSA) is 67.2 Å². The summed E-state index contributed by atoms with van der Waals surface area (Å²) < 4.78 is 1.61. The zero-order chi connectivity index (χ0) is 16.3. The minimum absolute atomic E-state index is 0.392. The molecule has 5 nitrogen and oxygen atoms in total. The van der Waals surface area contributed by atoms with E-state index in [0.717, 1.165) is 11.3 Å². The Bertz CT molecular complexity index is 680. The van der Waals surface area contributed by atoms with Crippen molar-refractivity contribution in [1.82, 2.24) is 9.78 Å². The quantitative estimate of drug-likeness (QED) is 0.887. The van der Waals surface area contributed by atoms with Crippen LogP contribution in [0.2, 0.25) is 5.02 Å². The predicted octanol–water partition coefficient (Wildman–Crippen LogP) is 3.32. The number of nitrogens with one attached hydrogen (secondary N) is 1. The van der Waals surface area contributed by atoms with Crippen molar-refractivity contribution in [3.63, 3.8) is 0 Å². The standard InChI is InChI=1S/C16H20ClN3O2/c1-4-9-16(3,22)15(21)18-14-11(2)10-20(19-14)13-8-6-5-7-12(13)17/h5-8,10,22H,4,9H2,1-3H3,(H,18,19,21). The second-order valence-corrected chi connectivity index (χ2v) is 5.94. The summed E-state index contributed by atoms with van der Waals surface area (Å²) in [4.78, 5) is 12.2. The largest absolute Gasteiger partial charge is 0.380 e. The fourth-order valence-corrected chi connectivity index (χ4v) is 2.41. The maximum Gasteiger partial charge on any atom is 0.257 e. The Morgan fingerprint density at radius 3 is 2.77 bits per heavy atom. The number of carbonyl (C=O) groups excluding carboxylic acids is 1. The van der Waals surface area contributed by atoms with E-state index in [9.17, 15) is 9.90 Å². The summed E-state index contributed by atoms with van der Waals surface area (Å²) in [6.45, 7) is 5.26. The first-order chi connectivity index (χ1) is 10.3. The normalized spacial score (nSPS) is 13.7. The molecular weight excluding hydrogens is 302 g/mol. The van der Waals surface area contributed by atoms with E-state index in [1.807, 2.05) is 32.0 Å².